The summed E-state index contributed by atoms with van der Waals surface area (Å²) in [6.45, 7) is -0.0860. The molecule has 1 aromatic carbocycles. The van der Waals surface area contributed by atoms with E-state index in [1.165, 1.54) is 0 Å². The van der Waals surface area contributed by atoms with Crippen LogP contribution in [0.15, 0.2) is 24.3 Å². The normalized spacial score (nSPS) is 19.4. The van der Waals surface area contributed by atoms with Gasteiger partial charge in [-0.15, -0.1) is 5.10 Å². The molecule has 0 bridgehead atoms. The Hall–Kier alpha value is -1.67. The van der Waals surface area contributed by atoms with Crippen molar-refractivity contribution >= 4 is 11.6 Å². The summed E-state index contributed by atoms with van der Waals surface area (Å²) >= 11 is 5.90. The summed E-state index contributed by atoms with van der Waals surface area (Å²) in [6, 6.07) is 7.68. The summed E-state index contributed by atoms with van der Waals surface area (Å²) in [5, 5.41) is 11.2. The minimum Gasteiger partial charge on any atom is -0.289 e. The first-order valence-corrected chi connectivity index (χ1v) is 7.61. The van der Waals surface area contributed by atoms with Crippen molar-refractivity contribution in [2.24, 2.45) is 0 Å². The van der Waals surface area contributed by atoms with Crippen LogP contribution in [-0.4, -0.2) is 37.8 Å². The van der Waals surface area contributed by atoms with Crippen LogP contribution in [0.2, 0.25) is 5.02 Å². The minimum atomic E-state index is -4.34. The number of rotatable bonds is 4. The predicted octanol–water partition coefficient (Wildman–Crippen LogP) is 3.23. The highest BCUT2D eigenvalue weighted by molar-refractivity contribution is 6.30. The number of hydrogen-bond acceptors (Lipinski definition) is 4. The van der Waals surface area contributed by atoms with Gasteiger partial charge in [-0.2, -0.15) is 13.2 Å². The lowest BCUT2D eigenvalue weighted by atomic mass is 10.0. The molecule has 3 rings (SSSR count). The molecular formula is C14H15ClF3N5. The molecule has 1 atom stereocenters. The second-order valence-electron chi connectivity index (χ2n) is 5.55. The second kappa shape index (κ2) is 6.45. The summed E-state index contributed by atoms with van der Waals surface area (Å²) in [7, 11) is 0. The summed E-state index contributed by atoms with van der Waals surface area (Å²) in [5.41, 5.74) is 1.10. The van der Waals surface area contributed by atoms with E-state index in [1.54, 1.807) is 0 Å². The molecule has 23 heavy (non-hydrogen) atoms. The Balaban J connectivity index is 1.74. The molecule has 0 radical (unpaired) electrons. The van der Waals surface area contributed by atoms with E-state index >= 15 is 0 Å². The summed E-state index contributed by atoms with van der Waals surface area (Å²) in [5.74, 6) is 0.225. The van der Waals surface area contributed by atoms with Gasteiger partial charge in [0.25, 0.3) is 0 Å². The third-order valence-electron chi connectivity index (χ3n) is 3.90. The molecule has 1 saturated heterocycles. The van der Waals surface area contributed by atoms with Gasteiger partial charge in [0.2, 0.25) is 0 Å². The van der Waals surface area contributed by atoms with Gasteiger partial charge in [0, 0.05) is 11.1 Å². The van der Waals surface area contributed by atoms with Crippen LogP contribution in [0, 0.1) is 0 Å². The van der Waals surface area contributed by atoms with E-state index in [9.17, 15) is 13.2 Å². The van der Waals surface area contributed by atoms with Crippen LogP contribution in [0.4, 0.5) is 13.2 Å². The van der Waals surface area contributed by atoms with Crippen LogP contribution in [0.3, 0.4) is 0 Å². The number of aromatic nitrogens is 4. The first kappa shape index (κ1) is 16.2. The molecule has 0 saturated carbocycles. The number of halogens is 4. The molecule has 2 heterocycles. The second-order valence-corrected chi connectivity index (χ2v) is 5.98. The Kier molecular flexibility index (Phi) is 4.54. The van der Waals surface area contributed by atoms with Crippen LogP contribution in [0.1, 0.15) is 30.3 Å². The van der Waals surface area contributed by atoms with Crippen LogP contribution in [0.5, 0.6) is 0 Å². The van der Waals surface area contributed by atoms with E-state index in [-0.39, 0.29) is 18.4 Å². The molecule has 1 aliphatic rings. The van der Waals surface area contributed by atoms with Crippen LogP contribution in [0.25, 0.3) is 0 Å². The van der Waals surface area contributed by atoms with Crippen LogP contribution >= 0.6 is 11.6 Å². The standard InChI is InChI=1S/C14H15ClF3N5/c15-11-5-3-10(4-6-11)12-2-1-7-22(12)8-13-19-20-21-23(13)9-14(16,17)18/h3-6,12H,1-2,7-9H2/t12-/m1/s1. The van der Waals surface area contributed by atoms with Gasteiger partial charge >= 0.3 is 6.18 Å². The van der Waals surface area contributed by atoms with Gasteiger partial charge in [-0.3, -0.25) is 4.90 Å². The summed E-state index contributed by atoms with van der Waals surface area (Å²) in [4.78, 5) is 2.10. The minimum absolute atomic E-state index is 0.142. The van der Waals surface area contributed by atoms with Crippen molar-refractivity contribution in [1.29, 1.82) is 0 Å². The fourth-order valence-electron chi connectivity index (χ4n) is 2.89. The maximum absolute atomic E-state index is 12.5. The van der Waals surface area contributed by atoms with E-state index in [4.69, 9.17) is 11.6 Å². The number of alkyl halides is 3. The maximum atomic E-state index is 12.5. The van der Waals surface area contributed by atoms with Crippen molar-refractivity contribution in [2.75, 3.05) is 6.54 Å². The topological polar surface area (TPSA) is 46.8 Å². The highest BCUT2D eigenvalue weighted by Gasteiger charge is 2.32. The molecule has 1 aromatic heterocycles. The van der Waals surface area contributed by atoms with E-state index in [2.05, 4.69) is 20.4 Å². The van der Waals surface area contributed by atoms with Crippen molar-refractivity contribution in [2.45, 2.75) is 38.1 Å². The smallest absolute Gasteiger partial charge is 0.289 e. The molecule has 0 unspecified atom stereocenters. The van der Waals surface area contributed by atoms with Gasteiger partial charge < -0.3 is 0 Å². The number of nitrogens with zero attached hydrogens (tertiary/aromatic N) is 5. The Bertz CT molecular complexity index is 655. The molecule has 5 nitrogen and oxygen atoms in total. The van der Waals surface area contributed by atoms with Crippen molar-refractivity contribution in [1.82, 2.24) is 25.1 Å². The quantitative estimate of drug-likeness (QED) is 0.853. The Labute approximate surface area is 136 Å². The molecule has 0 aliphatic carbocycles. The van der Waals surface area contributed by atoms with Gasteiger partial charge in [0.1, 0.15) is 6.54 Å². The molecular weight excluding hydrogens is 331 g/mol. The Morgan fingerprint density at radius 1 is 1.22 bits per heavy atom. The maximum Gasteiger partial charge on any atom is 0.408 e. The molecule has 124 valence electrons. The van der Waals surface area contributed by atoms with Gasteiger partial charge in [-0.1, -0.05) is 23.7 Å². The predicted molar refractivity (Wildman–Crippen MR) is 77.7 cm³/mol. The fourth-order valence-corrected chi connectivity index (χ4v) is 3.01. The van der Waals surface area contributed by atoms with Crippen molar-refractivity contribution in [3.8, 4) is 0 Å². The van der Waals surface area contributed by atoms with Crippen molar-refractivity contribution < 1.29 is 13.2 Å². The Morgan fingerprint density at radius 3 is 2.65 bits per heavy atom. The zero-order chi connectivity index (χ0) is 16.4. The van der Waals surface area contributed by atoms with Crippen LogP contribution < -0.4 is 0 Å². The first-order chi connectivity index (χ1) is 10.9. The molecule has 2 aromatic rings. The zero-order valence-corrected chi connectivity index (χ0v) is 12.9. The molecule has 0 amide bonds. The average Bonchev–Trinajstić information content (AvgIpc) is 3.09. The molecule has 1 aliphatic heterocycles. The first-order valence-electron chi connectivity index (χ1n) is 7.24. The highest BCUT2D eigenvalue weighted by Crippen LogP contribution is 2.33. The van der Waals surface area contributed by atoms with E-state index in [0.717, 1.165) is 29.6 Å². The lowest BCUT2D eigenvalue weighted by Crippen LogP contribution is -2.27. The van der Waals surface area contributed by atoms with E-state index in [0.29, 0.717) is 5.02 Å². The third-order valence-corrected chi connectivity index (χ3v) is 4.15. The third kappa shape index (κ3) is 4.00. The lowest BCUT2D eigenvalue weighted by molar-refractivity contribution is -0.143. The summed E-state index contributed by atoms with van der Waals surface area (Å²) in [6.07, 6.45) is -2.42. The van der Waals surface area contributed by atoms with Crippen molar-refractivity contribution in [3.05, 3.63) is 40.7 Å². The van der Waals surface area contributed by atoms with E-state index in [1.807, 2.05) is 24.3 Å². The van der Waals surface area contributed by atoms with Crippen LogP contribution in [-0.2, 0) is 13.1 Å². The lowest BCUT2D eigenvalue weighted by Gasteiger charge is -2.24. The Morgan fingerprint density at radius 2 is 1.96 bits per heavy atom. The zero-order valence-electron chi connectivity index (χ0n) is 12.2. The number of benzene rings is 1. The molecule has 0 spiro atoms. The fraction of sp³-hybridized carbons (Fsp3) is 0.500. The molecule has 1 fully saturated rings. The van der Waals surface area contributed by atoms with Gasteiger partial charge in [-0.05, 0) is 47.5 Å². The van der Waals surface area contributed by atoms with Gasteiger partial charge in [-0.25, -0.2) is 4.68 Å². The molecule has 0 N–H and O–H groups in total. The largest absolute Gasteiger partial charge is 0.408 e. The van der Waals surface area contributed by atoms with Crippen molar-refractivity contribution in [3.63, 3.8) is 0 Å². The average molecular weight is 346 g/mol. The van der Waals surface area contributed by atoms with E-state index < -0.39 is 12.7 Å². The number of tetrazole rings is 1. The van der Waals surface area contributed by atoms with Gasteiger partial charge in [0.15, 0.2) is 5.82 Å². The number of hydrogen-bond donors (Lipinski definition) is 0. The summed E-state index contributed by atoms with van der Waals surface area (Å²) < 4.78 is 38.5. The molecule has 9 heteroatoms. The SMILES string of the molecule is FC(F)(F)Cn1nnnc1CN1CCC[C@@H]1c1ccc(Cl)cc1. The highest BCUT2D eigenvalue weighted by atomic mass is 35.5. The number of likely N-dealkylation sites (tertiary alicyclic amines) is 1. The monoisotopic (exact) mass is 345 g/mol. The van der Waals surface area contributed by atoms with Gasteiger partial charge in [0.05, 0.1) is 6.54 Å².